The number of likely N-dealkylation sites (N-methyl/N-ethyl adjacent to an activating group) is 1. The monoisotopic (exact) mass is 332 g/mol. The molecule has 1 saturated heterocycles. The molecule has 0 bridgehead atoms. The van der Waals surface area contributed by atoms with Crippen LogP contribution < -0.4 is 0 Å². The zero-order valence-electron chi connectivity index (χ0n) is 14.2. The van der Waals surface area contributed by atoms with E-state index in [9.17, 15) is 18.0 Å². The van der Waals surface area contributed by atoms with Gasteiger partial charge in [0, 0.05) is 26.2 Å². The third-order valence-corrected chi connectivity index (χ3v) is 5.47. The van der Waals surface area contributed by atoms with E-state index in [2.05, 4.69) is 0 Å². The molecule has 1 atom stereocenters. The summed E-state index contributed by atoms with van der Waals surface area (Å²) in [5.41, 5.74) is 0. The summed E-state index contributed by atoms with van der Waals surface area (Å²) in [4.78, 5) is 27.7. The summed E-state index contributed by atoms with van der Waals surface area (Å²) in [6.07, 6.45) is 0.409. The number of hydrogen-bond acceptors (Lipinski definition) is 4. The van der Waals surface area contributed by atoms with Gasteiger partial charge in [-0.2, -0.15) is 0 Å². The van der Waals surface area contributed by atoms with Crippen molar-refractivity contribution in [3.8, 4) is 0 Å². The van der Waals surface area contributed by atoms with Crippen LogP contribution in [0.15, 0.2) is 0 Å². The lowest BCUT2D eigenvalue weighted by molar-refractivity contribution is -0.152. The molecule has 2 amide bonds. The van der Waals surface area contributed by atoms with E-state index in [1.54, 1.807) is 4.90 Å². The minimum absolute atomic E-state index is 0.0448. The molecule has 0 aromatic rings. The van der Waals surface area contributed by atoms with Crippen molar-refractivity contribution >= 4 is 21.7 Å². The summed E-state index contributed by atoms with van der Waals surface area (Å²) >= 11 is 0. The van der Waals surface area contributed by atoms with Crippen molar-refractivity contribution < 1.29 is 18.0 Å². The Morgan fingerprint density at radius 2 is 1.55 bits per heavy atom. The first kappa shape index (κ1) is 18.9. The highest BCUT2D eigenvalue weighted by molar-refractivity contribution is 7.91. The van der Waals surface area contributed by atoms with Crippen molar-refractivity contribution in [2.45, 2.75) is 40.2 Å². The molecule has 128 valence electrons. The highest BCUT2D eigenvalue weighted by atomic mass is 32.2. The van der Waals surface area contributed by atoms with Crippen LogP contribution in [0.4, 0.5) is 0 Å². The maximum atomic E-state index is 12.5. The number of sulfone groups is 1. The number of carbonyl (C=O) groups excluding carboxylic acids is 2. The van der Waals surface area contributed by atoms with E-state index in [0.29, 0.717) is 19.5 Å². The highest BCUT2D eigenvalue weighted by Gasteiger charge is 2.36. The van der Waals surface area contributed by atoms with E-state index in [1.165, 1.54) is 11.9 Å². The Hall–Kier alpha value is -1.11. The Labute approximate surface area is 133 Å². The second-order valence-corrected chi connectivity index (χ2v) is 9.20. The van der Waals surface area contributed by atoms with Crippen LogP contribution in [0.1, 0.15) is 34.1 Å². The maximum Gasteiger partial charge on any atom is 0.312 e. The largest absolute Gasteiger partial charge is 0.334 e. The fourth-order valence-corrected chi connectivity index (χ4v) is 4.43. The van der Waals surface area contributed by atoms with Crippen molar-refractivity contribution in [1.29, 1.82) is 0 Å². The molecule has 0 aromatic carbocycles. The van der Waals surface area contributed by atoms with E-state index in [4.69, 9.17) is 0 Å². The van der Waals surface area contributed by atoms with Gasteiger partial charge in [-0.3, -0.25) is 9.59 Å². The van der Waals surface area contributed by atoms with Gasteiger partial charge in [0.25, 0.3) is 0 Å². The van der Waals surface area contributed by atoms with Gasteiger partial charge in [0.2, 0.25) is 0 Å². The average molecular weight is 332 g/mol. The van der Waals surface area contributed by atoms with Crippen molar-refractivity contribution in [2.24, 2.45) is 11.8 Å². The van der Waals surface area contributed by atoms with Crippen molar-refractivity contribution in [3.63, 3.8) is 0 Å². The average Bonchev–Trinajstić information content (AvgIpc) is 2.74. The zero-order chi connectivity index (χ0) is 17.1. The van der Waals surface area contributed by atoms with Crippen LogP contribution >= 0.6 is 0 Å². The quantitative estimate of drug-likeness (QED) is 0.697. The number of amides is 2. The Morgan fingerprint density at radius 3 is 1.91 bits per heavy atom. The molecule has 7 heteroatoms. The molecule has 0 saturated carbocycles. The molecular weight excluding hydrogens is 304 g/mol. The van der Waals surface area contributed by atoms with E-state index in [0.717, 1.165) is 0 Å². The molecule has 22 heavy (non-hydrogen) atoms. The van der Waals surface area contributed by atoms with E-state index in [1.807, 2.05) is 27.7 Å². The van der Waals surface area contributed by atoms with Gasteiger partial charge >= 0.3 is 11.8 Å². The molecule has 1 aliphatic heterocycles. The highest BCUT2D eigenvalue weighted by Crippen LogP contribution is 2.17. The first-order chi connectivity index (χ1) is 10.0. The zero-order valence-corrected chi connectivity index (χ0v) is 15.0. The fourth-order valence-electron chi connectivity index (χ4n) is 2.65. The maximum absolute atomic E-state index is 12.5. The lowest BCUT2D eigenvalue weighted by Gasteiger charge is -2.29. The first-order valence-electron chi connectivity index (χ1n) is 7.80. The molecule has 1 rings (SSSR count). The fraction of sp³-hybridized carbons (Fsp3) is 0.867. The normalized spacial score (nSPS) is 20.4. The Bertz CT molecular complexity index is 504. The topological polar surface area (TPSA) is 74.8 Å². The Balaban J connectivity index is 2.77. The number of hydrogen-bond donors (Lipinski definition) is 0. The van der Waals surface area contributed by atoms with Gasteiger partial charge in [-0.1, -0.05) is 27.7 Å². The van der Waals surface area contributed by atoms with Crippen LogP contribution in [0.3, 0.4) is 0 Å². The van der Waals surface area contributed by atoms with Gasteiger partial charge < -0.3 is 9.80 Å². The lowest BCUT2D eigenvalue weighted by atomic mass is 10.1. The van der Waals surface area contributed by atoms with Crippen LogP contribution in [0.25, 0.3) is 0 Å². The second-order valence-electron chi connectivity index (χ2n) is 6.97. The molecule has 0 spiro atoms. The predicted octanol–water partition coefficient (Wildman–Crippen LogP) is 0.773. The second kappa shape index (κ2) is 7.44. The van der Waals surface area contributed by atoms with Crippen LogP contribution in [-0.2, 0) is 19.4 Å². The summed E-state index contributed by atoms with van der Waals surface area (Å²) in [6, 6.07) is -0.388. The van der Waals surface area contributed by atoms with Crippen LogP contribution in [0.5, 0.6) is 0 Å². The third kappa shape index (κ3) is 5.26. The molecule has 1 unspecified atom stereocenters. The molecule has 6 nitrogen and oxygen atoms in total. The minimum Gasteiger partial charge on any atom is -0.334 e. The molecule has 1 aliphatic rings. The molecule has 0 N–H and O–H groups in total. The lowest BCUT2D eigenvalue weighted by Crippen LogP contribution is -2.49. The summed E-state index contributed by atoms with van der Waals surface area (Å²) in [6.45, 7) is 9.05. The van der Waals surface area contributed by atoms with Gasteiger partial charge in [0.05, 0.1) is 11.5 Å². The summed E-state index contributed by atoms with van der Waals surface area (Å²) in [5, 5.41) is 0. The number of nitrogens with zero attached hydrogens (tertiary/aromatic N) is 2. The third-order valence-electron chi connectivity index (χ3n) is 3.72. The van der Waals surface area contributed by atoms with Gasteiger partial charge in [0.1, 0.15) is 0 Å². The smallest absolute Gasteiger partial charge is 0.312 e. The number of rotatable bonds is 5. The minimum atomic E-state index is -3.08. The summed E-state index contributed by atoms with van der Waals surface area (Å²) < 4.78 is 23.1. The SMILES string of the molecule is CC(C)CN(CC(C)C)C(=O)C(=O)N(C)C1CCS(=O)(=O)C1. The van der Waals surface area contributed by atoms with Crippen LogP contribution in [0.2, 0.25) is 0 Å². The summed E-state index contributed by atoms with van der Waals surface area (Å²) in [5.74, 6) is -0.555. The summed E-state index contributed by atoms with van der Waals surface area (Å²) in [7, 11) is -1.55. The molecule has 1 fully saturated rings. The molecule has 0 aromatic heterocycles. The molecule has 0 aliphatic carbocycles. The first-order valence-corrected chi connectivity index (χ1v) is 9.62. The van der Waals surface area contributed by atoms with Gasteiger partial charge in [0.15, 0.2) is 9.84 Å². The van der Waals surface area contributed by atoms with E-state index < -0.39 is 21.7 Å². The molecular formula is C15H28N2O4S. The van der Waals surface area contributed by atoms with E-state index >= 15 is 0 Å². The van der Waals surface area contributed by atoms with Gasteiger partial charge in [-0.05, 0) is 18.3 Å². The van der Waals surface area contributed by atoms with Gasteiger partial charge in [-0.25, -0.2) is 8.42 Å². The Kier molecular flexibility index (Phi) is 6.40. The Morgan fingerprint density at radius 1 is 1.05 bits per heavy atom. The van der Waals surface area contributed by atoms with E-state index in [-0.39, 0.29) is 29.4 Å². The van der Waals surface area contributed by atoms with Crippen LogP contribution in [-0.4, -0.2) is 67.7 Å². The van der Waals surface area contributed by atoms with Crippen molar-refractivity contribution in [2.75, 3.05) is 31.6 Å². The number of carbonyl (C=O) groups is 2. The van der Waals surface area contributed by atoms with Gasteiger partial charge in [-0.15, -0.1) is 0 Å². The van der Waals surface area contributed by atoms with Crippen molar-refractivity contribution in [1.82, 2.24) is 9.80 Å². The van der Waals surface area contributed by atoms with Crippen LogP contribution in [0, 0.1) is 11.8 Å². The molecule has 0 radical (unpaired) electrons. The van der Waals surface area contributed by atoms with Crippen molar-refractivity contribution in [3.05, 3.63) is 0 Å². The predicted molar refractivity (Wildman–Crippen MR) is 86.1 cm³/mol. The molecule has 1 heterocycles. The standard InChI is InChI=1S/C15H28N2O4S/c1-11(2)8-17(9-12(3)4)15(19)14(18)16(5)13-6-7-22(20,21)10-13/h11-13H,6-10H2,1-5H3.